The van der Waals surface area contributed by atoms with Crippen molar-refractivity contribution >= 4 is 11.9 Å². The predicted octanol–water partition coefficient (Wildman–Crippen LogP) is 2.25. The molecule has 6 nitrogen and oxygen atoms in total. The van der Waals surface area contributed by atoms with Crippen LogP contribution in [0.3, 0.4) is 0 Å². The van der Waals surface area contributed by atoms with Crippen LogP contribution in [0.25, 0.3) is 0 Å². The van der Waals surface area contributed by atoms with Crippen LogP contribution in [0.2, 0.25) is 0 Å². The molecule has 28 heavy (non-hydrogen) atoms. The average molecular weight is 389 g/mol. The standard InChI is InChI=1S/C22H31NO5/c1-4-12-13-7-5-6-8-23-17(13)16-15(19(12)24)11(3)22(26)28-20(16)18(23)14-9-10(2)21(25)27-14/h10-12,14-16,18-20,24H,4-9H2,1-3H3. The van der Waals surface area contributed by atoms with Gasteiger partial charge in [-0.25, -0.2) is 0 Å². The minimum absolute atomic E-state index is 0.0261. The Balaban J connectivity index is 1.65. The summed E-state index contributed by atoms with van der Waals surface area (Å²) < 4.78 is 11.8. The predicted molar refractivity (Wildman–Crippen MR) is 101 cm³/mol. The number of ether oxygens (including phenoxy) is 2. The van der Waals surface area contributed by atoms with Crippen molar-refractivity contribution < 1.29 is 24.2 Å². The molecule has 1 aliphatic carbocycles. The zero-order valence-corrected chi connectivity index (χ0v) is 17.0. The highest BCUT2D eigenvalue weighted by Gasteiger charge is 2.64. The molecule has 6 heteroatoms. The van der Waals surface area contributed by atoms with E-state index in [2.05, 4.69) is 11.8 Å². The van der Waals surface area contributed by atoms with Crippen molar-refractivity contribution in [1.82, 2.24) is 4.90 Å². The summed E-state index contributed by atoms with van der Waals surface area (Å²) in [6.07, 6.45) is 3.66. The molecule has 0 amide bonds. The number of esters is 2. The molecule has 0 aromatic heterocycles. The van der Waals surface area contributed by atoms with Crippen molar-refractivity contribution in [3.05, 3.63) is 11.3 Å². The van der Waals surface area contributed by atoms with Gasteiger partial charge >= 0.3 is 11.9 Å². The number of hydrogen-bond acceptors (Lipinski definition) is 6. The third-order valence-corrected chi connectivity index (χ3v) is 8.05. The summed E-state index contributed by atoms with van der Waals surface area (Å²) in [7, 11) is 0. The van der Waals surface area contributed by atoms with E-state index in [0.717, 1.165) is 32.2 Å². The van der Waals surface area contributed by atoms with Crippen LogP contribution in [0.15, 0.2) is 11.3 Å². The molecule has 154 valence electrons. The van der Waals surface area contributed by atoms with Crippen molar-refractivity contribution in [2.24, 2.45) is 29.6 Å². The van der Waals surface area contributed by atoms with Gasteiger partial charge in [0.2, 0.25) is 0 Å². The highest BCUT2D eigenvalue weighted by Crippen LogP contribution is 2.57. The van der Waals surface area contributed by atoms with Gasteiger partial charge in [-0.2, -0.15) is 0 Å². The Hall–Kier alpha value is -1.56. The second-order valence-corrected chi connectivity index (χ2v) is 9.46. The van der Waals surface area contributed by atoms with Gasteiger partial charge in [0.05, 0.1) is 17.9 Å². The third-order valence-electron chi connectivity index (χ3n) is 8.05. The van der Waals surface area contributed by atoms with E-state index in [4.69, 9.17) is 9.47 Å². The monoisotopic (exact) mass is 389 g/mol. The molecule has 5 aliphatic rings. The van der Waals surface area contributed by atoms with Crippen molar-refractivity contribution in [1.29, 1.82) is 0 Å². The van der Waals surface area contributed by atoms with E-state index >= 15 is 0 Å². The summed E-state index contributed by atoms with van der Waals surface area (Å²) in [4.78, 5) is 27.3. The van der Waals surface area contributed by atoms with E-state index in [1.165, 1.54) is 11.3 Å². The number of hydrogen-bond donors (Lipinski definition) is 1. The Bertz CT molecular complexity index is 732. The molecule has 0 aromatic carbocycles. The zero-order chi connectivity index (χ0) is 19.7. The molecule has 0 bridgehead atoms. The molecule has 9 unspecified atom stereocenters. The van der Waals surface area contributed by atoms with Gasteiger partial charge in [0.15, 0.2) is 0 Å². The van der Waals surface area contributed by atoms with Crippen molar-refractivity contribution in [2.75, 3.05) is 6.54 Å². The van der Waals surface area contributed by atoms with Crippen LogP contribution in [-0.4, -0.2) is 52.8 Å². The summed E-state index contributed by atoms with van der Waals surface area (Å²) in [5.74, 6) is -0.779. The quantitative estimate of drug-likeness (QED) is 0.730. The SMILES string of the molecule is CCC1C2=C3C4C(OC(=O)C(C)C4C1O)C(C1CC(C)C(=O)O1)N3CCCC2. The first-order valence-electron chi connectivity index (χ1n) is 11.0. The summed E-state index contributed by atoms with van der Waals surface area (Å²) in [5.41, 5.74) is 2.67. The van der Waals surface area contributed by atoms with Gasteiger partial charge in [-0.3, -0.25) is 9.59 Å². The molecule has 1 N–H and O–H groups in total. The fourth-order valence-corrected chi connectivity index (χ4v) is 6.77. The van der Waals surface area contributed by atoms with Crippen LogP contribution in [0, 0.1) is 29.6 Å². The lowest BCUT2D eigenvalue weighted by Gasteiger charge is -2.47. The Labute approximate surface area is 166 Å². The van der Waals surface area contributed by atoms with Crippen molar-refractivity contribution in [3.63, 3.8) is 0 Å². The minimum atomic E-state index is -0.511. The van der Waals surface area contributed by atoms with E-state index in [1.807, 2.05) is 13.8 Å². The first-order valence-corrected chi connectivity index (χ1v) is 11.0. The second kappa shape index (κ2) is 6.48. The van der Waals surface area contributed by atoms with Crippen molar-refractivity contribution in [3.8, 4) is 0 Å². The maximum atomic E-state index is 12.8. The second-order valence-electron chi connectivity index (χ2n) is 9.46. The summed E-state index contributed by atoms with van der Waals surface area (Å²) >= 11 is 0. The van der Waals surface area contributed by atoms with E-state index in [9.17, 15) is 14.7 Å². The van der Waals surface area contributed by atoms with Crippen LogP contribution in [0.5, 0.6) is 0 Å². The molecule has 3 saturated heterocycles. The van der Waals surface area contributed by atoms with E-state index in [-0.39, 0.29) is 59.8 Å². The van der Waals surface area contributed by atoms with Gasteiger partial charge < -0.3 is 19.5 Å². The van der Waals surface area contributed by atoms with Gasteiger partial charge in [-0.1, -0.05) is 20.8 Å². The molecule has 0 radical (unpaired) electrons. The van der Waals surface area contributed by atoms with Crippen LogP contribution in [-0.2, 0) is 19.1 Å². The Kier molecular flexibility index (Phi) is 4.27. The number of cyclic esters (lactones) is 1. The number of rotatable bonds is 2. The van der Waals surface area contributed by atoms with Crippen LogP contribution in [0.4, 0.5) is 0 Å². The molecule has 4 heterocycles. The van der Waals surface area contributed by atoms with E-state index in [0.29, 0.717) is 6.42 Å². The molecule has 4 aliphatic heterocycles. The molecule has 9 atom stereocenters. The lowest BCUT2D eigenvalue weighted by molar-refractivity contribution is -0.180. The Morgan fingerprint density at radius 3 is 2.61 bits per heavy atom. The van der Waals surface area contributed by atoms with Crippen LogP contribution in [0.1, 0.15) is 52.9 Å². The normalized spacial score (nSPS) is 47.6. The molecule has 0 spiro atoms. The maximum Gasteiger partial charge on any atom is 0.309 e. The van der Waals surface area contributed by atoms with E-state index in [1.54, 1.807) is 0 Å². The first kappa shape index (κ1) is 18.5. The van der Waals surface area contributed by atoms with Gasteiger partial charge in [0.1, 0.15) is 18.2 Å². The Morgan fingerprint density at radius 1 is 1.14 bits per heavy atom. The van der Waals surface area contributed by atoms with Crippen molar-refractivity contribution in [2.45, 2.75) is 77.2 Å². The number of aliphatic hydroxyl groups is 1. The van der Waals surface area contributed by atoms with E-state index < -0.39 is 6.10 Å². The van der Waals surface area contributed by atoms with Gasteiger partial charge in [-0.05, 0) is 37.7 Å². The molecular formula is C22H31NO5. The van der Waals surface area contributed by atoms with Gasteiger partial charge in [0, 0.05) is 30.0 Å². The minimum Gasteiger partial charge on any atom is -0.460 e. The average Bonchev–Trinajstić information content (AvgIpc) is 3.05. The smallest absolute Gasteiger partial charge is 0.309 e. The zero-order valence-electron chi connectivity index (χ0n) is 17.0. The fourth-order valence-electron chi connectivity index (χ4n) is 6.77. The van der Waals surface area contributed by atoms with Gasteiger partial charge in [0.25, 0.3) is 0 Å². The Morgan fingerprint density at radius 2 is 1.93 bits per heavy atom. The summed E-state index contributed by atoms with van der Waals surface area (Å²) in [6, 6.07) is -0.122. The van der Waals surface area contributed by atoms with Crippen LogP contribution < -0.4 is 0 Å². The lowest BCUT2D eigenvalue weighted by Crippen LogP contribution is -2.55. The highest BCUT2D eigenvalue weighted by molar-refractivity contribution is 5.75. The topological polar surface area (TPSA) is 76.1 Å². The van der Waals surface area contributed by atoms with Gasteiger partial charge in [-0.15, -0.1) is 0 Å². The molecule has 5 rings (SSSR count). The fraction of sp³-hybridized carbons (Fsp3) is 0.818. The molecule has 0 aromatic rings. The summed E-state index contributed by atoms with van der Waals surface area (Å²) in [6.45, 7) is 6.85. The molecule has 3 fully saturated rings. The molecular weight excluding hydrogens is 358 g/mol. The first-order chi connectivity index (χ1) is 13.4. The lowest BCUT2D eigenvalue weighted by atomic mass is 9.63. The number of carbonyl (C=O) groups excluding carboxylic acids is 2. The maximum absolute atomic E-state index is 12.8. The number of aliphatic hydroxyl groups excluding tert-OH is 1. The largest absolute Gasteiger partial charge is 0.460 e. The number of nitrogens with zero attached hydrogens (tertiary/aromatic N) is 1. The highest BCUT2D eigenvalue weighted by atomic mass is 16.6. The third kappa shape index (κ3) is 2.36. The van der Waals surface area contributed by atoms with Crippen LogP contribution >= 0.6 is 0 Å². The number of carbonyl (C=O) groups is 2. The summed E-state index contributed by atoms with van der Waals surface area (Å²) in [5, 5.41) is 11.3. The molecule has 0 saturated carbocycles.